The minimum Gasteiger partial charge on any atom is -0.508 e. The molecule has 2 fully saturated rings. The quantitative estimate of drug-likeness (QED) is 0.0464. The van der Waals surface area contributed by atoms with Gasteiger partial charge in [-0.2, -0.15) is 0 Å². The lowest BCUT2D eigenvalue weighted by Crippen LogP contribution is -2.52. The molecule has 14 heteroatoms. The number of carbonyl (C=O) groups excluding carboxylic acids is 4. The molecule has 0 aliphatic carbocycles. The van der Waals surface area contributed by atoms with Crippen molar-refractivity contribution < 1.29 is 38.9 Å². The number of nitrogens with one attached hydrogen (secondary N) is 2. The summed E-state index contributed by atoms with van der Waals surface area (Å²) >= 11 is 6.29. The van der Waals surface area contributed by atoms with Crippen LogP contribution in [0.5, 0.6) is 17.2 Å². The minimum atomic E-state index is -0.665. The Hall–Kier alpha value is -5.89. The summed E-state index contributed by atoms with van der Waals surface area (Å²) in [5.74, 6) is 0.625. The average molecular weight is 836 g/mol. The lowest BCUT2D eigenvalue weighted by molar-refractivity contribution is -0.137. The number of aromatic hydroxyl groups is 2. The molecule has 60 heavy (non-hydrogen) atoms. The number of phenolic OH excluding ortho intramolecular Hbond substituents is 2. The average Bonchev–Trinajstić information content (AvgIpc) is 3.59. The maximum Gasteiger partial charge on any atom is 0.255 e. The molecule has 0 aromatic heterocycles. The number of imide groups is 1. The zero-order valence-corrected chi connectivity index (χ0v) is 34.2. The molecule has 3 heterocycles. The standard InChI is InChI=1S/C46H50ClN5O8/c47-20-18-37(31-4-10-34(53)11-5-31)44(32-6-12-35(54)13-7-32)33-8-14-36(15-9-33)60-29-26-50-22-24-51(25-23-50)43(56)19-27-59-28-21-48-40-3-1-2-38-39(40)30-52(46(38)58)41-16-17-42(55)49-45(41)57/h1-15,41,48,53-54H,16-30H2,(H,49,55,57). The number of rotatable bonds is 17. The summed E-state index contributed by atoms with van der Waals surface area (Å²) in [6.07, 6.45) is 1.42. The largest absolute Gasteiger partial charge is 0.508 e. The zero-order valence-electron chi connectivity index (χ0n) is 33.4. The molecule has 7 rings (SSSR count). The van der Waals surface area contributed by atoms with Gasteiger partial charge in [0.1, 0.15) is 29.9 Å². The number of hydrogen-bond donors (Lipinski definition) is 4. The van der Waals surface area contributed by atoms with Gasteiger partial charge in [-0.25, -0.2) is 0 Å². The van der Waals surface area contributed by atoms with E-state index in [1.165, 1.54) is 4.90 Å². The third-order valence-corrected chi connectivity index (χ3v) is 11.4. The monoisotopic (exact) mass is 835 g/mol. The van der Waals surface area contributed by atoms with Crippen molar-refractivity contribution in [2.24, 2.45) is 0 Å². The summed E-state index contributed by atoms with van der Waals surface area (Å²) in [7, 11) is 0. The number of ether oxygens (including phenoxy) is 2. The van der Waals surface area contributed by atoms with Gasteiger partial charge < -0.3 is 34.8 Å². The number of amides is 4. The Morgan fingerprint density at radius 1 is 0.800 bits per heavy atom. The van der Waals surface area contributed by atoms with Crippen molar-refractivity contribution in [2.45, 2.75) is 38.3 Å². The number of carbonyl (C=O) groups is 4. The van der Waals surface area contributed by atoms with Gasteiger partial charge in [-0.15, -0.1) is 11.6 Å². The molecule has 4 aromatic rings. The third-order valence-electron chi connectivity index (χ3n) is 11.2. The summed E-state index contributed by atoms with van der Waals surface area (Å²) in [4.78, 5) is 55.7. The van der Waals surface area contributed by atoms with Gasteiger partial charge in [0, 0.05) is 74.9 Å². The van der Waals surface area contributed by atoms with Crippen LogP contribution in [0, 0.1) is 0 Å². The van der Waals surface area contributed by atoms with Crippen LogP contribution >= 0.6 is 11.6 Å². The molecule has 1 atom stereocenters. The van der Waals surface area contributed by atoms with E-state index in [1.54, 1.807) is 36.4 Å². The van der Waals surface area contributed by atoms with Crippen LogP contribution < -0.4 is 15.4 Å². The fraction of sp³-hybridized carbons (Fsp3) is 0.348. The highest BCUT2D eigenvalue weighted by atomic mass is 35.5. The van der Waals surface area contributed by atoms with Crippen LogP contribution in [-0.4, -0.2) is 120 Å². The van der Waals surface area contributed by atoms with Gasteiger partial charge in [0.15, 0.2) is 0 Å². The molecule has 0 radical (unpaired) electrons. The van der Waals surface area contributed by atoms with Crippen LogP contribution in [0.1, 0.15) is 58.3 Å². The second-order valence-corrected chi connectivity index (χ2v) is 15.4. The third kappa shape index (κ3) is 10.3. The molecule has 4 N–H and O–H groups in total. The maximum atomic E-state index is 13.1. The van der Waals surface area contributed by atoms with E-state index >= 15 is 0 Å². The van der Waals surface area contributed by atoms with E-state index in [4.69, 9.17) is 21.1 Å². The number of phenols is 2. The molecular formula is C46H50ClN5O8. The number of piperidine rings is 1. The Bertz CT molecular complexity index is 2190. The van der Waals surface area contributed by atoms with Crippen molar-refractivity contribution in [3.8, 4) is 17.2 Å². The van der Waals surface area contributed by atoms with Gasteiger partial charge in [0.25, 0.3) is 5.91 Å². The van der Waals surface area contributed by atoms with Crippen molar-refractivity contribution in [3.05, 3.63) is 119 Å². The predicted molar refractivity (Wildman–Crippen MR) is 229 cm³/mol. The summed E-state index contributed by atoms with van der Waals surface area (Å²) in [5, 5.41) is 25.5. The maximum absolute atomic E-state index is 13.1. The minimum absolute atomic E-state index is 0.0622. The highest BCUT2D eigenvalue weighted by Gasteiger charge is 2.39. The van der Waals surface area contributed by atoms with Gasteiger partial charge in [-0.3, -0.25) is 29.4 Å². The van der Waals surface area contributed by atoms with E-state index < -0.39 is 11.9 Å². The van der Waals surface area contributed by atoms with Crippen LogP contribution in [-0.2, 0) is 25.7 Å². The molecule has 3 aliphatic rings. The summed E-state index contributed by atoms with van der Waals surface area (Å²) in [6, 6.07) is 26.9. The molecular weight excluding hydrogens is 786 g/mol. The summed E-state index contributed by atoms with van der Waals surface area (Å²) < 4.78 is 11.9. The first-order chi connectivity index (χ1) is 29.2. The Balaban J connectivity index is 0.820. The number of fused-ring (bicyclic) bond motifs is 1. The lowest BCUT2D eigenvalue weighted by Gasteiger charge is -2.34. The molecule has 13 nitrogen and oxygen atoms in total. The van der Waals surface area contributed by atoms with Crippen molar-refractivity contribution in [2.75, 3.05) is 70.3 Å². The van der Waals surface area contributed by atoms with Crippen molar-refractivity contribution in [1.82, 2.24) is 20.0 Å². The number of nitrogens with zero attached hydrogens (tertiary/aromatic N) is 3. The van der Waals surface area contributed by atoms with Gasteiger partial charge in [-0.1, -0.05) is 42.5 Å². The first kappa shape index (κ1) is 42.2. The van der Waals surface area contributed by atoms with Crippen molar-refractivity contribution in [1.29, 1.82) is 0 Å². The number of alkyl halides is 1. The fourth-order valence-electron chi connectivity index (χ4n) is 7.97. The second kappa shape index (κ2) is 19.9. The molecule has 1 unspecified atom stereocenters. The zero-order chi connectivity index (χ0) is 42.0. The number of hydrogen-bond acceptors (Lipinski definition) is 10. The van der Waals surface area contributed by atoms with E-state index in [1.807, 2.05) is 59.5 Å². The summed E-state index contributed by atoms with van der Waals surface area (Å²) in [6.45, 7) is 5.47. The SMILES string of the molecule is O=C1CCC(N2Cc3c(NCCOCCC(=O)N4CCN(CCOc5ccc(C(=C(CCCl)c6ccc(O)cc6)c6ccc(O)cc6)cc5)CC4)cccc3C2=O)C(=O)N1. The second-order valence-electron chi connectivity index (χ2n) is 15.0. The Morgan fingerprint density at radius 3 is 2.13 bits per heavy atom. The van der Waals surface area contributed by atoms with Crippen molar-refractivity contribution >= 4 is 52.1 Å². The molecule has 2 saturated heterocycles. The molecule has 4 amide bonds. The molecule has 3 aliphatic heterocycles. The Kier molecular flexibility index (Phi) is 14.0. The van der Waals surface area contributed by atoms with Crippen LogP contribution in [0.15, 0.2) is 91.0 Å². The Labute approximate surface area is 354 Å². The summed E-state index contributed by atoms with van der Waals surface area (Å²) in [5.41, 5.74) is 7.03. The number of halogens is 1. The normalized spacial score (nSPS) is 17.3. The highest BCUT2D eigenvalue weighted by molar-refractivity contribution is 6.18. The van der Waals surface area contributed by atoms with Crippen LogP contribution in [0.3, 0.4) is 0 Å². The van der Waals surface area contributed by atoms with Crippen LogP contribution in [0.4, 0.5) is 5.69 Å². The van der Waals surface area contributed by atoms with Gasteiger partial charge in [0.05, 0.1) is 19.6 Å². The van der Waals surface area contributed by atoms with Crippen molar-refractivity contribution in [3.63, 3.8) is 0 Å². The molecule has 0 bridgehead atoms. The van der Waals surface area contributed by atoms with E-state index in [0.29, 0.717) is 70.2 Å². The first-order valence-electron chi connectivity index (χ1n) is 20.4. The van der Waals surface area contributed by atoms with Gasteiger partial charge >= 0.3 is 0 Å². The van der Waals surface area contributed by atoms with E-state index in [9.17, 15) is 29.4 Å². The van der Waals surface area contributed by atoms with Gasteiger partial charge in [-0.05, 0) is 89.2 Å². The Morgan fingerprint density at radius 2 is 1.47 bits per heavy atom. The number of anilines is 1. The van der Waals surface area contributed by atoms with E-state index in [0.717, 1.165) is 64.5 Å². The highest BCUT2D eigenvalue weighted by Crippen LogP contribution is 2.37. The number of piperazine rings is 1. The number of allylic oxidation sites excluding steroid dienone is 1. The predicted octanol–water partition coefficient (Wildman–Crippen LogP) is 5.49. The topological polar surface area (TPSA) is 161 Å². The molecule has 0 saturated carbocycles. The molecule has 0 spiro atoms. The first-order valence-corrected chi connectivity index (χ1v) is 20.9. The van der Waals surface area contributed by atoms with E-state index in [-0.39, 0.29) is 42.2 Å². The smallest absolute Gasteiger partial charge is 0.255 e. The molecule has 314 valence electrons. The fourth-order valence-corrected chi connectivity index (χ4v) is 8.16. The number of benzene rings is 4. The van der Waals surface area contributed by atoms with Crippen LogP contribution in [0.25, 0.3) is 11.1 Å². The lowest BCUT2D eigenvalue weighted by atomic mass is 9.88. The molecule has 4 aromatic carbocycles. The van der Waals surface area contributed by atoms with Gasteiger partial charge in [0.2, 0.25) is 17.7 Å². The van der Waals surface area contributed by atoms with E-state index in [2.05, 4.69) is 15.5 Å². The van der Waals surface area contributed by atoms with Crippen LogP contribution in [0.2, 0.25) is 0 Å².